The van der Waals surface area contributed by atoms with Crippen molar-refractivity contribution in [1.29, 1.82) is 0 Å². The van der Waals surface area contributed by atoms with Crippen molar-refractivity contribution in [3.8, 4) is 5.75 Å². The molecule has 0 radical (unpaired) electrons. The zero-order valence-electron chi connectivity index (χ0n) is 13.4. The molecule has 0 spiro atoms. The number of carbonyl (C=O) groups excluding carboxylic acids is 2. The molecule has 1 rings (SSSR count). The molecular weight excluding hydrogens is 304 g/mol. The van der Waals surface area contributed by atoms with E-state index in [1.165, 1.54) is 19.9 Å². The van der Waals surface area contributed by atoms with E-state index in [-0.39, 0.29) is 0 Å². The standard InChI is InChI=1S/C17H23ClO4/c1-4-5-6-7-11-21-15(19)17(2,3)16(20)22-14-10-8-9-13(18)12-14/h8-10,12H,4-7,11H2,1-3H3. The van der Waals surface area contributed by atoms with Crippen molar-refractivity contribution < 1.29 is 19.1 Å². The summed E-state index contributed by atoms with van der Waals surface area (Å²) in [6, 6.07) is 6.47. The molecule has 0 saturated heterocycles. The average Bonchev–Trinajstić information content (AvgIpc) is 2.46. The minimum atomic E-state index is -1.35. The smallest absolute Gasteiger partial charge is 0.328 e. The summed E-state index contributed by atoms with van der Waals surface area (Å²) in [6.45, 7) is 5.43. The molecule has 22 heavy (non-hydrogen) atoms. The number of carbonyl (C=O) groups is 2. The van der Waals surface area contributed by atoms with E-state index < -0.39 is 17.4 Å². The van der Waals surface area contributed by atoms with Gasteiger partial charge in [0.05, 0.1) is 6.61 Å². The van der Waals surface area contributed by atoms with E-state index in [4.69, 9.17) is 21.1 Å². The number of hydrogen-bond donors (Lipinski definition) is 0. The monoisotopic (exact) mass is 326 g/mol. The summed E-state index contributed by atoms with van der Waals surface area (Å²) in [5.41, 5.74) is -1.35. The van der Waals surface area contributed by atoms with Crippen molar-refractivity contribution in [2.24, 2.45) is 5.41 Å². The second-order valence-corrected chi connectivity index (χ2v) is 6.10. The Hall–Kier alpha value is -1.55. The lowest BCUT2D eigenvalue weighted by molar-refractivity contribution is -0.164. The minimum absolute atomic E-state index is 0.307. The first kappa shape index (κ1) is 18.5. The van der Waals surface area contributed by atoms with Crippen LogP contribution in [0.25, 0.3) is 0 Å². The van der Waals surface area contributed by atoms with Gasteiger partial charge in [0.2, 0.25) is 0 Å². The number of esters is 2. The summed E-state index contributed by atoms with van der Waals surface area (Å²) < 4.78 is 10.4. The van der Waals surface area contributed by atoms with Crippen molar-refractivity contribution >= 4 is 23.5 Å². The third kappa shape index (κ3) is 5.68. The van der Waals surface area contributed by atoms with E-state index in [1.807, 2.05) is 0 Å². The van der Waals surface area contributed by atoms with Gasteiger partial charge >= 0.3 is 11.9 Å². The number of ether oxygens (including phenoxy) is 2. The molecule has 0 aliphatic heterocycles. The Morgan fingerprint density at radius 3 is 2.50 bits per heavy atom. The maximum Gasteiger partial charge on any atom is 0.328 e. The molecular formula is C17H23ClO4. The van der Waals surface area contributed by atoms with E-state index in [2.05, 4.69) is 6.92 Å². The van der Waals surface area contributed by atoms with E-state index in [0.29, 0.717) is 17.4 Å². The number of hydrogen-bond acceptors (Lipinski definition) is 4. The molecule has 122 valence electrons. The number of unbranched alkanes of at least 4 members (excludes halogenated alkanes) is 3. The Bertz CT molecular complexity index is 511. The first-order valence-electron chi connectivity index (χ1n) is 7.53. The SMILES string of the molecule is CCCCCCOC(=O)C(C)(C)C(=O)Oc1cccc(Cl)c1. The third-order valence-electron chi connectivity index (χ3n) is 3.26. The Morgan fingerprint density at radius 1 is 1.14 bits per heavy atom. The summed E-state index contributed by atoms with van der Waals surface area (Å²) in [7, 11) is 0. The summed E-state index contributed by atoms with van der Waals surface area (Å²) in [5.74, 6) is -0.925. The van der Waals surface area contributed by atoms with Crippen LogP contribution in [0.4, 0.5) is 0 Å². The lowest BCUT2D eigenvalue weighted by Gasteiger charge is -2.20. The predicted octanol–water partition coefficient (Wildman–Crippen LogP) is 4.40. The normalized spacial score (nSPS) is 11.1. The molecule has 0 amide bonds. The second-order valence-electron chi connectivity index (χ2n) is 5.67. The van der Waals surface area contributed by atoms with E-state index in [0.717, 1.165) is 25.7 Å². The van der Waals surface area contributed by atoms with Gasteiger partial charge in [-0.05, 0) is 38.5 Å². The number of benzene rings is 1. The van der Waals surface area contributed by atoms with Crippen molar-refractivity contribution in [2.45, 2.75) is 46.5 Å². The maximum atomic E-state index is 12.2. The Labute approximate surface area is 136 Å². The Kier molecular flexibility index (Phi) is 7.39. The van der Waals surface area contributed by atoms with E-state index in [1.54, 1.807) is 18.2 Å². The van der Waals surface area contributed by atoms with Crippen molar-refractivity contribution in [3.05, 3.63) is 29.3 Å². The van der Waals surface area contributed by atoms with Gasteiger partial charge in [0, 0.05) is 5.02 Å². The van der Waals surface area contributed by atoms with Crippen molar-refractivity contribution in [3.63, 3.8) is 0 Å². The second kappa shape index (κ2) is 8.79. The lowest BCUT2D eigenvalue weighted by Crippen LogP contribution is -2.38. The van der Waals surface area contributed by atoms with Gasteiger partial charge in [-0.15, -0.1) is 0 Å². The van der Waals surface area contributed by atoms with Crippen LogP contribution in [0.1, 0.15) is 46.5 Å². The summed E-state index contributed by atoms with van der Waals surface area (Å²) in [5, 5.41) is 0.460. The molecule has 0 aliphatic carbocycles. The van der Waals surface area contributed by atoms with Crippen molar-refractivity contribution in [1.82, 2.24) is 0 Å². The van der Waals surface area contributed by atoms with Gasteiger partial charge < -0.3 is 9.47 Å². The maximum absolute atomic E-state index is 12.2. The van der Waals surface area contributed by atoms with E-state index >= 15 is 0 Å². The van der Waals surface area contributed by atoms with Crippen LogP contribution in [0.3, 0.4) is 0 Å². The molecule has 0 bridgehead atoms. The van der Waals surface area contributed by atoms with E-state index in [9.17, 15) is 9.59 Å². The van der Waals surface area contributed by atoms with Gasteiger partial charge in [0.25, 0.3) is 0 Å². The van der Waals surface area contributed by atoms with Crippen LogP contribution in [0, 0.1) is 5.41 Å². The molecule has 0 fully saturated rings. The van der Waals surface area contributed by atoms with Crippen LogP contribution in [-0.2, 0) is 14.3 Å². The lowest BCUT2D eigenvalue weighted by atomic mass is 9.94. The molecule has 4 nitrogen and oxygen atoms in total. The zero-order chi connectivity index (χ0) is 16.6. The van der Waals surface area contributed by atoms with Crippen LogP contribution >= 0.6 is 11.6 Å². The Balaban J connectivity index is 2.52. The van der Waals surface area contributed by atoms with Crippen LogP contribution in [0.15, 0.2) is 24.3 Å². The molecule has 0 N–H and O–H groups in total. The Morgan fingerprint density at radius 2 is 1.86 bits per heavy atom. The van der Waals surface area contributed by atoms with Crippen LogP contribution in [0.2, 0.25) is 5.02 Å². The molecule has 0 aliphatic rings. The average molecular weight is 327 g/mol. The van der Waals surface area contributed by atoms with Crippen LogP contribution in [0.5, 0.6) is 5.75 Å². The van der Waals surface area contributed by atoms with Gasteiger partial charge in [-0.25, -0.2) is 0 Å². The van der Waals surface area contributed by atoms with Gasteiger partial charge in [-0.1, -0.05) is 43.9 Å². The molecule has 0 unspecified atom stereocenters. The molecule has 1 aromatic rings. The summed E-state index contributed by atoms with van der Waals surface area (Å²) in [6.07, 6.45) is 4.04. The fourth-order valence-corrected chi connectivity index (χ4v) is 1.90. The summed E-state index contributed by atoms with van der Waals surface area (Å²) in [4.78, 5) is 24.2. The largest absolute Gasteiger partial charge is 0.465 e. The minimum Gasteiger partial charge on any atom is -0.465 e. The topological polar surface area (TPSA) is 52.6 Å². The first-order chi connectivity index (χ1) is 10.4. The van der Waals surface area contributed by atoms with Gasteiger partial charge in [-0.2, -0.15) is 0 Å². The first-order valence-corrected chi connectivity index (χ1v) is 7.90. The quantitative estimate of drug-likeness (QED) is 0.307. The highest BCUT2D eigenvalue weighted by Gasteiger charge is 2.39. The molecule has 0 aromatic heterocycles. The summed E-state index contributed by atoms with van der Waals surface area (Å²) >= 11 is 5.83. The van der Waals surface area contributed by atoms with Crippen LogP contribution < -0.4 is 4.74 Å². The van der Waals surface area contributed by atoms with Crippen LogP contribution in [-0.4, -0.2) is 18.5 Å². The zero-order valence-corrected chi connectivity index (χ0v) is 14.1. The van der Waals surface area contributed by atoms with Crippen molar-refractivity contribution in [2.75, 3.05) is 6.61 Å². The highest BCUT2D eigenvalue weighted by Crippen LogP contribution is 2.24. The van der Waals surface area contributed by atoms with Gasteiger partial charge in [0.15, 0.2) is 5.41 Å². The number of rotatable bonds is 8. The highest BCUT2D eigenvalue weighted by molar-refractivity contribution is 6.30. The fourth-order valence-electron chi connectivity index (χ4n) is 1.72. The predicted molar refractivity (Wildman–Crippen MR) is 86.0 cm³/mol. The molecule has 1 aromatic carbocycles. The molecule has 0 atom stereocenters. The highest BCUT2D eigenvalue weighted by atomic mass is 35.5. The molecule has 5 heteroatoms. The third-order valence-corrected chi connectivity index (χ3v) is 3.49. The fraction of sp³-hybridized carbons (Fsp3) is 0.529. The molecule has 0 heterocycles. The number of halogens is 1. The van der Waals surface area contributed by atoms with Gasteiger partial charge in [0.1, 0.15) is 5.75 Å². The van der Waals surface area contributed by atoms with Gasteiger partial charge in [-0.3, -0.25) is 9.59 Å². The molecule has 0 saturated carbocycles.